The van der Waals surface area contributed by atoms with Gasteiger partial charge in [-0.3, -0.25) is 9.48 Å². The number of amides is 2. The predicted molar refractivity (Wildman–Crippen MR) is 135 cm³/mol. The van der Waals surface area contributed by atoms with E-state index in [0.29, 0.717) is 31.3 Å². The molecule has 2 aromatic heterocycles. The van der Waals surface area contributed by atoms with Crippen LogP contribution in [0.2, 0.25) is 0 Å². The van der Waals surface area contributed by atoms with Gasteiger partial charge in [-0.05, 0) is 37.3 Å². The van der Waals surface area contributed by atoms with Crippen molar-refractivity contribution in [1.82, 2.24) is 20.0 Å². The topological polar surface area (TPSA) is 98.8 Å². The fourth-order valence-corrected chi connectivity index (χ4v) is 5.48. The first-order valence-corrected chi connectivity index (χ1v) is 13.1. The molecule has 9 heteroatoms. The molecule has 2 aliphatic heterocycles. The van der Waals surface area contributed by atoms with Crippen LogP contribution >= 0.6 is 0 Å². The summed E-state index contributed by atoms with van der Waals surface area (Å²) in [5.41, 5.74) is 4.83. The van der Waals surface area contributed by atoms with Gasteiger partial charge >= 0.3 is 6.09 Å². The van der Waals surface area contributed by atoms with E-state index in [1.165, 1.54) is 5.56 Å². The molecule has 1 aromatic carbocycles. The molecule has 2 amide bonds. The van der Waals surface area contributed by atoms with Gasteiger partial charge in [0.15, 0.2) is 5.76 Å². The number of aromatic nitrogens is 2. The highest BCUT2D eigenvalue weighted by Crippen LogP contribution is 2.38. The average Bonchev–Trinajstić information content (AvgIpc) is 3.62. The molecule has 4 heterocycles. The number of nitrogens with zero attached hydrogens (tertiary/aromatic N) is 3. The van der Waals surface area contributed by atoms with Crippen LogP contribution in [0, 0.1) is 12.8 Å². The van der Waals surface area contributed by atoms with Crippen LogP contribution in [0.5, 0.6) is 0 Å². The van der Waals surface area contributed by atoms with Crippen molar-refractivity contribution in [3.63, 3.8) is 0 Å². The Kier molecular flexibility index (Phi) is 6.46. The number of likely N-dealkylation sites (tertiary alicyclic amines) is 1. The lowest BCUT2D eigenvalue weighted by Gasteiger charge is -2.38. The molecule has 194 valence electrons. The van der Waals surface area contributed by atoms with Crippen LogP contribution in [0.3, 0.4) is 0 Å². The molecule has 0 saturated carbocycles. The Morgan fingerprint density at radius 3 is 2.81 bits per heavy atom. The van der Waals surface area contributed by atoms with Crippen molar-refractivity contribution in [2.24, 2.45) is 5.92 Å². The van der Waals surface area contributed by atoms with Gasteiger partial charge in [0.25, 0.3) is 5.91 Å². The SMILES string of the molecule is Cc1c(C(=O)NCC2CCCO2)oc2c1-c1nn(CC3CN(C(=O)OCc4ccccc4)C3)cc1CC2. The van der Waals surface area contributed by atoms with E-state index >= 15 is 0 Å². The summed E-state index contributed by atoms with van der Waals surface area (Å²) in [4.78, 5) is 26.9. The van der Waals surface area contributed by atoms with Crippen LogP contribution in [0.1, 0.15) is 45.8 Å². The minimum atomic E-state index is -0.274. The minimum Gasteiger partial charge on any atom is -0.455 e. The fraction of sp³-hybridized carbons (Fsp3) is 0.464. The Morgan fingerprint density at radius 2 is 2.03 bits per heavy atom. The number of furan rings is 1. The summed E-state index contributed by atoms with van der Waals surface area (Å²) in [6, 6.07) is 9.70. The van der Waals surface area contributed by atoms with E-state index in [1.54, 1.807) is 4.90 Å². The van der Waals surface area contributed by atoms with Crippen LogP contribution in [0.4, 0.5) is 4.79 Å². The fourth-order valence-electron chi connectivity index (χ4n) is 5.48. The first kappa shape index (κ1) is 23.8. The molecule has 1 aliphatic carbocycles. The number of aryl methyl sites for hydroxylation is 2. The Balaban J connectivity index is 1.06. The summed E-state index contributed by atoms with van der Waals surface area (Å²) in [6.45, 7) is 5.53. The zero-order valence-electron chi connectivity index (χ0n) is 21.1. The van der Waals surface area contributed by atoms with Gasteiger partial charge in [-0.1, -0.05) is 30.3 Å². The number of rotatable bonds is 7. The van der Waals surface area contributed by atoms with Gasteiger partial charge in [0, 0.05) is 62.4 Å². The van der Waals surface area contributed by atoms with Crippen LogP contribution < -0.4 is 5.32 Å². The van der Waals surface area contributed by atoms with E-state index < -0.39 is 0 Å². The average molecular weight is 505 g/mol. The number of hydrogen-bond donors (Lipinski definition) is 1. The van der Waals surface area contributed by atoms with Crippen molar-refractivity contribution in [1.29, 1.82) is 0 Å². The maximum Gasteiger partial charge on any atom is 0.410 e. The number of ether oxygens (including phenoxy) is 2. The first-order valence-electron chi connectivity index (χ1n) is 13.1. The molecular weight excluding hydrogens is 472 g/mol. The lowest BCUT2D eigenvalue weighted by molar-refractivity contribution is 0.0436. The van der Waals surface area contributed by atoms with Crippen molar-refractivity contribution in [2.45, 2.75) is 51.9 Å². The van der Waals surface area contributed by atoms with Crippen molar-refractivity contribution < 1.29 is 23.5 Å². The Morgan fingerprint density at radius 1 is 1.19 bits per heavy atom. The number of fused-ring (bicyclic) bond motifs is 3. The Labute approximate surface area is 215 Å². The van der Waals surface area contributed by atoms with E-state index in [9.17, 15) is 9.59 Å². The number of benzene rings is 1. The molecule has 3 aromatic rings. The van der Waals surface area contributed by atoms with E-state index in [4.69, 9.17) is 19.0 Å². The highest BCUT2D eigenvalue weighted by molar-refractivity contribution is 5.95. The van der Waals surface area contributed by atoms with Crippen molar-refractivity contribution >= 4 is 12.0 Å². The number of nitrogens with one attached hydrogen (secondary N) is 1. The van der Waals surface area contributed by atoms with Crippen molar-refractivity contribution in [3.8, 4) is 11.3 Å². The van der Waals surface area contributed by atoms with Gasteiger partial charge in [0.05, 0.1) is 11.8 Å². The summed E-state index contributed by atoms with van der Waals surface area (Å²) < 4.78 is 19.0. The maximum atomic E-state index is 12.8. The number of carbonyl (C=O) groups is 2. The standard InChI is InChI=1S/C28H32N4O5/c1-18-24-23(37-26(18)27(33)29-12-22-8-5-11-35-22)10-9-21-16-32(30-25(21)24)15-20-13-31(14-20)28(34)36-17-19-6-3-2-4-7-19/h2-4,6-7,16,20,22H,5,8-15,17H2,1H3,(H,29,33). The van der Waals surface area contributed by atoms with Crippen LogP contribution in [0.25, 0.3) is 11.3 Å². The lowest BCUT2D eigenvalue weighted by atomic mass is 9.93. The van der Waals surface area contributed by atoms with Gasteiger partial charge in [-0.25, -0.2) is 4.79 Å². The zero-order valence-corrected chi connectivity index (χ0v) is 21.1. The van der Waals surface area contributed by atoms with Crippen molar-refractivity contribution in [3.05, 3.63) is 64.7 Å². The lowest BCUT2D eigenvalue weighted by Crippen LogP contribution is -2.51. The van der Waals surface area contributed by atoms with Gasteiger partial charge in [0.2, 0.25) is 0 Å². The largest absolute Gasteiger partial charge is 0.455 e. The van der Waals surface area contributed by atoms with Gasteiger partial charge in [-0.2, -0.15) is 5.10 Å². The molecule has 9 nitrogen and oxygen atoms in total. The second kappa shape index (κ2) is 10.0. The molecule has 6 rings (SSSR count). The van der Waals surface area contributed by atoms with Crippen LogP contribution in [0.15, 0.2) is 40.9 Å². The monoisotopic (exact) mass is 504 g/mol. The summed E-state index contributed by atoms with van der Waals surface area (Å²) in [7, 11) is 0. The molecule has 0 bridgehead atoms. The first-order chi connectivity index (χ1) is 18.0. The van der Waals surface area contributed by atoms with Gasteiger partial charge in [0.1, 0.15) is 12.4 Å². The number of carbonyl (C=O) groups excluding carboxylic acids is 2. The highest BCUT2D eigenvalue weighted by Gasteiger charge is 2.34. The third-order valence-corrected chi connectivity index (χ3v) is 7.50. The van der Waals surface area contributed by atoms with E-state index in [-0.39, 0.29) is 24.7 Å². The summed E-state index contributed by atoms with van der Waals surface area (Å²) >= 11 is 0. The normalized spacial score (nSPS) is 18.7. The van der Waals surface area contributed by atoms with Crippen LogP contribution in [-0.4, -0.2) is 59.0 Å². The van der Waals surface area contributed by atoms with Crippen LogP contribution in [-0.2, 0) is 35.5 Å². The Bertz CT molecular complexity index is 1290. The minimum absolute atomic E-state index is 0.0873. The molecule has 2 saturated heterocycles. The van der Waals surface area contributed by atoms with E-state index in [2.05, 4.69) is 11.5 Å². The smallest absolute Gasteiger partial charge is 0.410 e. The zero-order chi connectivity index (χ0) is 25.4. The summed E-state index contributed by atoms with van der Waals surface area (Å²) in [5, 5.41) is 7.84. The quantitative estimate of drug-likeness (QED) is 0.527. The van der Waals surface area contributed by atoms with E-state index in [0.717, 1.165) is 67.0 Å². The molecule has 3 aliphatic rings. The molecule has 0 spiro atoms. The summed E-state index contributed by atoms with van der Waals surface area (Å²) in [5.74, 6) is 1.33. The highest BCUT2D eigenvalue weighted by atomic mass is 16.6. The molecule has 37 heavy (non-hydrogen) atoms. The maximum absolute atomic E-state index is 12.8. The summed E-state index contributed by atoms with van der Waals surface area (Å²) in [6.07, 6.45) is 5.50. The van der Waals surface area contributed by atoms with E-state index in [1.807, 2.05) is 41.9 Å². The second-order valence-corrected chi connectivity index (χ2v) is 10.2. The van der Waals surface area contributed by atoms with Crippen molar-refractivity contribution in [2.75, 3.05) is 26.2 Å². The molecule has 1 unspecified atom stereocenters. The van der Waals surface area contributed by atoms with Gasteiger partial charge in [-0.15, -0.1) is 0 Å². The van der Waals surface area contributed by atoms with Gasteiger partial charge < -0.3 is 24.1 Å². The molecule has 2 fully saturated rings. The molecular formula is C28H32N4O5. The number of hydrogen-bond acceptors (Lipinski definition) is 6. The molecule has 1 atom stereocenters. The second-order valence-electron chi connectivity index (χ2n) is 10.2. The third-order valence-electron chi connectivity index (χ3n) is 7.50. The molecule has 0 radical (unpaired) electrons. The Hall–Kier alpha value is -3.59. The third kappa shape index (κ3) is 4.87. The molecule has 1 N–H and O–H groups in total. The predicted octanol–water partition coefficient (Wildman–Crippen LogP) is 3.73.